The van der Waals surface area contributed by atoms with Crippen LogP contribution in [0.5, 0.6) is 0 Å². The number of rotatable bonds is 3. The van der Waals surface area contributed by atoms with Crippen molar-refractivity contribution in [3.63, 3.8) is 0 Å². The molecule has 1 saturated heterocycles. The van der Waals surface area contributed by atoms with Gasteiger partial charge in [-0.1, -0.05) is 0 Å². The quantitative estimate of drug-likeness (QED) is 0.869. The van der Waals surface area contributed by atoms with Crippen LogP contribution in [0, 0.1) is 17.8 Å². The normalized spacial score (nSPS) is 30.3. The first-order chi connectivity index (χ1) is 9.27. The lowest BCUT2D eigenvalue weighted by molar-refractivity contribution is 0.501. The minimum Gasteiger partial charge on any atom is -0.356 e. The fourth-order valence-electron chi connectivity index (χ4n) is 3.77. The van der Waals surface area contributed by atoms with Crippen LogP contribution in [-0.2, 0) is 0 Å². The Kier molecular flexibility index (Phi) is 2.33. The van der Waals surface area contributed by atoms with E-state index in [0.29, 0.717) is 6.04 Å². The number of nitrogens with one attached hydrogen (secondary N) is 2. The number of aromatic nitrogens is 3. The van der Waals surface area contributed by atoms with Crippen LogP contribution in [0.4, 0.5) is 5.82 Å². The lowest BCUT2D eigenvalue weighted by Crippen LogP contribution is -2.34. The first-order valence-electron chi connectivity index (χ1n) is 6.99. The van der Waals surface area contributed by atoms with Crippen LogP contribution in [0.2, 0.25) is 0 Å². The number of fused-ring (bicyclic) bond motifs is 2. The van der Waals surface area contributed by atoms with E-state index in [4.69, 9.17) is 0 Å². The van der Waals surface area contributed by atoms with Crippen molar-refractivity contribution in [2.75, 3.05) is 25.0 Å². The summed E-state index contributed by atoms with van der Waals surface area (Å²) in [5.41, 5.74) is 0.918. The number of hydrogen-bond acceptors (Lipinski definition) is 4. The van der Waals surface area contributed by atoms with Crippen molar-refractivity contribution in [3.05, 3.63) is 18.6 Å². The molecule has 100 valence electrons. The molecule has 0 amide bonds. The topological polar surface area (TPSA) is 56.8 Å². The third kappa shape index (κ3) is 1.57. The molecule has 2 fully saturated rings. The summed E-state index contributed by atoms with van der Waals surface area (Å²) in [5.74, 6) is 3.61. The van der Waals surface area contributed by atoms with Crippen molar-refractivity contribution in [2.24, 2.45) is 17.8 Å². The predicted octanol–water partition coefficient (Wildman–Crippen LogP) is 1.25. The van der Waals surface area contributed by atoms with Gasteiger partial charge < -0.3 is 15.2 Å². The van der Waals surface area contributed by atoms with Crippen molar-refractivity contribution < 1.29 is 0 Å². The van der Waals surface area contributed by atoms with Crippen molar-refractivity contribution in [2.45, 2.75) is 13.0 Å². The van der Waals surface area contributed by atoms with Crippen LogP contribution in [0.3, 0.4) is 0 Å². The highest BCUT2D eigenvalue weighted by Crippen LogP contribution is 2.52. The van der Waals surface area contributed by atoms with Crippen molar-refractivity contribution in [1.29, 1.82) is 0 Å². The molecule has 2 aliphatic rings. The maximum Gasteiger partial charge on any atom is 0.142 e. The molecule has 3 heterocycles. The maximum atomic E-state index is 4.48. The molecule has 4 rings (SSSR count). The second kappa shape index (κ2) is 3.93. The summed E-state index contributed by atoms with van der Waals surface area (Å²) in [6.45, 7) is 4.71. The average Bonchev–Trinajstić information content (AvgIpc) is 2.87. The van der Waals surface area contributed by atoms with Gasteiger partial charge in [0.1, 0.15) is 17.8 Å². The predicted molar refractivity (Wildman–Crippen MR) is 75.1 cm³/mol. The molecule has 19 heavy (non-hydrogen) atoms. The van der Waals surface area contributed by atoms with Gasteiger partial charge >= 0.3 is 0 Å². The van der Waals surface area contributed by atoms with Gasteiger partial charge in [0.05, 0.1) is 5.39 Å². The minimum absolute atomic E-state index is 0.532. The summed E-state index contributed by atoms with van der Waals surface area (Å²) in [6.07, 6.45) is 3.57. The molecule has 2 aromatic rings. The van der Waals surface area contributed by atoms with Crippen LogP contribution in [0.1, 0.15) is 6.92 Å². The smallest absolute Gasteiger partial charge is 0.142 e. The fourth-order valence-corrected chi connectivity index (χ4v) is 3.77. The molecular formula is C14H19N5. The van der Waals surface area contributed by atoms with E-state index < -0.39 is 0 Å². The van der Waals surface area contributed by atoms with Gasteiger partial charge in [-0.05, 0) is 43.8 Å². The van der Waals surface area contributed by atoms with Gasteiger partial charge in [-0.3, -0.25) is 0 Å². The monoisotopic (exact) mass is 257 g/mol. The Morgan fingerprint density at radius 1 is 1.32 bits per heavy atom. The first kappa shape index (κ1) is 11.2. The van der Waals surface area contributed by atoms with E-state index >= 15 is 0 Å². The number of piperidine rings is 1. The van der Waals surface area contributed by atoms with E-state index in [-0.39, 0.29) is 0 Å². The third-order valence-corrected chi connectivity index (χ3v) is 4.99. The van der Waals surface area contributed by atoms with Gasteiger partial charge in [-0.2, -0.15) is 0 Å². The van der Waals surface area contributed by atoms with Gasteiger partial charge in [-0.25, -0.2) is 9.97 Å². The Morgan fingerprint density at radius 3 is 2.89 bits per heavy atom. The van der Waals surface area contributed by atoms with Crippen molar-refractivity contribution in [1.82, 2.24) is 20.3 Å². The SMILES string of the molecule is C[C@H](C1[C@H]2CNC[C@@H]12)N(C)c1ncnc2[nH]ccc12. The highest BCUT2D eigenvalue weighted by atomic mass is 15.2. The molecule has 1 aliphatic heterocycles. The van der Waals surface area contributed by atoms with Crippen LogP contribution >= 0.6 is 0 Å². The Hall–Kier alpha value is -1.62. The summed E-state index contributed by atoms with van der Waals surface area (Å²) in [6, 6.07) is 2.59. The summed E-state index contributed by atoms with van der Waals surface area (Å²) in [4.78, 5) is 14.2. The van der Waals surface area contributed by atoms with Gasteiger partial charge in [-0.15, -0.1) is 0 Å². The molecule has 5 heteroatoms. The van der Waals surface area contributed by atoms with Crippen LogP contribution in [0.15, 0.2) is 18.6 Å². The molecule has 1 unspecified atom stereocenters. The molecule has 1 saturated carbocycles. The molecule has 0 spiro atoms. The zero-order valence-electron chi connectivity index (χ0n) is 11.3. The molecule has 0 bridgehead atoms. The molecule has 0 radical (unpaired) electrons. The summed E-state index contributed by atoms with van der Waals surface area (Å²) in [7, 11) is 2.15. The number of anilines is 1. The average molecular weight is 257 g/mol. The Bertz CT molecular complexity index is 597. The summed E-state index contributed by atoms with van der Waals surface area (Å²) < 4.78 is 0. The number of H-pyrrole nitrogens is 1. The highest BCUT2D eigenvalue weighted by molar-refractivity contribution is 5.87. The Labute approximate surface area is 112 Å². The lowest BCUT2D eigenvalue weighted by atomic mass is 10.1. The van der Waals surface area contributed by atoms with E-state index in [1.807, 2.05) is 6.20 Å². The van der Waals surface area contributed by atoms with E-state index in [2.05, 4.69) is 45.2 Å². The molecule has 5 nitrogen and oxygen atoms in total. The number of nitrogens with zero attached hydrogens (tertiary/aromatic N) is 3. The Morgan fingerprint density at radius 2 is 2.11 bits per heavy atom. The van der Waals surface area contributed by atoms with E-state index in [1.165, 1.54) is 13.1 Å². The second-order valence-electron chi connectivity index (χ2n) is 5.85. The van der Waals surface area contributed by atoms with Gasteiger partial charge in [0.25, 0.3) is 0 Å². The molecule has 0 aromatic carbocycles. The molecule has 1 aliphatic carbocycles. The van der Waals surface area contributed by atoms with Crippen molar-refractivity contribution in [3.8, 4) is 0 Å². The first-order valence-corrected chi connectivity index (χ1v) is 6.99. The largest absolute Gasteiger partial charge is 0.356 e. The molecule has 4 atom stereocenters. The second-order valence-corrected chi connectivity index (χ2v) is 5.85. The van der Waals surface area contributed by atoms with Crippen LogP contribution in [0.25, 0.3) is 11.0 Å². The van der Waals surface area contributed by atoms with Crippen LogP contribution < -0.4 is 10.2 Å². The fraction of sp³-hybridized carbons (Fsp3) is 0.571. The highest BCUT2D eigenvalue weighted by Gasteiger charge is 2.55. The number of hydrogen-bond donors (Lipinski definition) is 2. The van der Waals surface area contributed by atoms with Crippen molar-refractivity contribution >= 4 is 16.9 Å². The van der Waals surface area contributed by atoms with E-state index in [0.717, 1.165) is 34.6 Å². The zero-order chi connectivity index (χ0) is 13.0. The summed E-state index contributed by atoms with van der Waals surface area (Å²) in [5, 5.41) is 4.57. The maximum absolute atomic E-state index is 4.48. The van der Waals surface area contributed by atoms with E-state index in [9.17, 15) is 0 Å². The minimum atomic E-state index is 0.532. The lowest BCUT2D eigenvalue weighted by Gasteiger charge is -2.27. The molecule has 2 N–H and O–H groups in total. The number of aromatic amines is 1. The Balaban J connectivity index is 1.63. The van der Waals surface area contributed by atoms with Crippen LogP contribution in [-0.4, -0.2) is 41.1 Å². The summed E-state index contributed by atoms with van der Waals surface area (Å²) >= 11 is 0. The standard InChI is InChI=1S/C14H19N5/c1-8(12-10-5-15-6-11(10)12)19(2)14-9-3-4-16-13(9)17-7-18-14/h3-4,7-8,10-12,15H,5-6H2,1-2H3,(H,16,17,18)/t8-,10-,11+,12?/m1/s1. The molecule has 2 aromatic heterocycles. The van der Waals surface area contributed by atoms with E-state index in [1.54, 1.807) is 6.33 Å². The third-order valence-electron chi connectivity index (χ3n) is 4.99. The molecular weight excluding hydrogens is 238 g/mol. The zero-order valence-corrected chi connectivity index (χ0v) is 11.3. The van der Waals surface area contributed by atoms with Gasteiger partial charge in [0.2, 0.25) is 0 Å². The van der Waals surface area contributed by atoms with Gasteiger partial charge in [0.15, 0.2) is 0 Å². The van der Waals surface area contributed by atoms with Gasteiger partial charge in [0, 0.05) is 19.3 Å².